The highest BCUT2D eigenvalue weighted by atomic mass is 31.3. The summed E-state index contributed by atoms with van der Waals surface area (Å²) in [5.74, 6) is 0. The van der Waals surface area contributed by atoms with Crippen molar-refractivity contribution in [2.75, 3.05) is 0 Å². The van der Waals surface area contributed by atoms with E-state index in [9.17, 15) is 18.9 Å². The molecule has 1 aliphatic carbocycles. The minimum Gasteiger partial charge on any atom is -0.300 e. The van der Waals surface area contributed by atoms with Crippen LogP contribution in [0.15, 0.2) is 11.8 Å². The predicted molar refractivity (Wildman–Crippen MR) is 66.4 cm³/mol. The van der Waals surface area contributed by atoms with Crippen LogP contribution in [0.4, 0.5) is 0 Å². The van der Waals surface area contributed by atoms with Gasteiger partial charge in [0.1, 0.15) is 0 Å². The summed E-state index contributed by atoms with van der Waals surface area (Å²) in [7, 11) is -12.6. The second-order valence-electron chi connectivity index (χ2n) is 4.47. The minimum absolute atomic E-state index is 0.131. The fourth-order valence-electron chi connectivity index (χ4n) is 2.27. The number of hydrogen-bond donors (Lipinski definition) is 4. The lowest BCUT2D eigenvalue weighted by Gasteiger charge is -2.25. The van der Waals surface area contributed by atoms with Gasteiger partial charge in [0.2, 0.25) is 0 Å². The predicted octanol–water partition coefficient (Wildman–Crippen LogP) is 1.95. The van der Waals surface area contributed by atoms with Crippen LogP contribution in [-0.2, 0) is 22.1 Å². The number of rotatable bonds is 0. The molecule has 19 heavy (non-hydrogen) atoms. The smallest absolute Gasteiger partial charge is 0.300 e. The van der Waals surface area contributed by atoms with Crippen LogP contribution in [0.25, 0.3) is 0 Å². The van der Waals surface area contributed by atoms with Gasteiger partial charge in [-0.1, -0.05) is 21.1 Å². The lowest BCUT2D eigenvalue weighted by atomic mass is 10.1. The zero-order valence-electron chi connectivity index (χ0n) is 9.76. The first-order chi connectivity index (χ1) is 8.79. The van der Waals surface area contributed by atoms with Gasteiger partial charge in [0.15, 0.2) is 0 Å². The average Bonchev–Trinajstić information content (AvgIpc) is 2.38. The van der Waals surface area contributed by atoms with Crippen molar-refractivity contribution in [3.8, 4) is 0 Å². The number of nitrogens with one attached hydrogen (secondary N) is 2. The summed E-state index contributed by atoms with van der Waals surface area (Å²) >= 11 is 0. The Balaban J connectivity index is 1.90. The van der Waals surface area contributed by atoms with E-state index in [2.05, 4.69) is 14.5 Å². The summed E-state index contributed by atoms with van der Waals surface area (Å²) in [5.41, 5.74) is 0.771. The van der Waals surface area contributed by atoms with E-state index in [-0.39, 0.29) is 6.04 Å². The van der Waals surface area contributed by atoms with Crippen LogP contribution in [0, 0.1) is 0 Å². The van der Waals surface area contributed by atoms with Gasteiger partial charge in [0.25, 0.3) is 0 Å². The van der Waals surface area contributed by atoms with E-state index < -0.39 is 23.7 Å². The summed E-state index contributed by atoms with van der Waals surface area (Å²) in [6, 6.07) is -0.131. The van der Waals surface area contributed by atoms with Crippen molar-refractivity contribution in [3.63, 3.8) is 0 Å². The van der Waals surface area contributed by atoms with E-state index in [0.717, 1.165) is 31.4 Å². The van der Waals surface area contributed by atoms with E-state index in [4.69, 9.17) is 8.62 Å². The molecule has 4 N–H and O–H groups in total. The third-order valence-corrected chi connectivity index (χ3v) is 9.28. The van der Waals surface area contributed by atoms with Crippen LogP contribution >= 0.6 is 23.7 Å². The molecule has 9 nitrogen and oxygen atoms in total. The van der Waals surface area contributed by atoms with E-state index in [0.29, 0.717) is 0 Å². The third kappa shape index (κ3) is 2.95. The van der Waals surface area contributed by atoms with Crippen molar-refractivity contribution in [1.82, 2.24) is 10.2 Å². The molecule has 2 fully saturated rings. The summed E-state index contributed by atoms with van der Waals surface area (Å²) in [4.78, 5) is 18.7. The Morgan fingerprint density at radius 3 is 2.63 bits per heavy atom. The Kier molecular flexibility index (Phi) is 3.42. The molecule has 108 valence electrons. The SMILES string of the molecule is O=P1(O)OP(=O)(O)O[P+]2(NC3=CCCCC[C@H]3N2)O1. The molecule has 0 aromatic heterocycles. The molecule has 12 heteroatoms. The molecule has 0 aromatic carbocycles. The number of hydrogen-bond acceptors (Lipinski definition) is 7. The van der Waals surface area contributed by atoms with Gasteiger partial charge in [0.05, 0.1) is 11.7 Å². The molecular formula is C7H14N2O7P3+. The van der Waals surface area contributed by atoms with Crippen LogP contribution in [0.1, 0.15) is 25.7 Å². The highest BCUT2D eigenvalue weighted by molar-refractivity contribution is 7.80. The number of fused-ring (bicyclic) bond motifs is 1. The fourth-order valence-corrected chi connectivity index (χ4v) is 8.83. The molecule has 0 bridgehead atoms. The number of allylic oxidation sites excluding steroid dienone is 1. The van der Waals surface area contributed by atoms with Crippen molar-refractivity contribution >= 4 is 23.7 Å². The van der Waals surface area contributed by atoms with E-state index in [1.807, 2.05) is 6.08 Å². The Hall–Kier alpha value is 0.190. The van der Waals surface area contributed by atoms with E-state index in [1.54, 1.807) is 0 Å². The zero-order chi connectivity index (χ0) is 13.7. The first-order valence-corrected chi connectivity index (χ1v) is 10.4. The normalized spacial score (nSPS) is 50.2. The lowest BCUT2D eigenvalue weighted by Crippen LogP contribution is -2.26. The second-order valence-corrected chi connectivity index (χ2v) is 9.89. The van der Waals surface area contributed by atoms with Crippen LogP contribution in [0.5, 0.6) is 0 Å². The van der Waals surface area contributed by atoms with Gasteiger partial charge in [0, 0.05) is 0 Å². The summed E-state index contributed by atoms with van der Waals surface area (Å²) < 4.78 is 36.8. The molecule has 0 radical (unpaired) electrons. The molecule has 3 atom stereocenters. The van der Waals surface area contributed by atoms with Crippen LogP contribution in [-0.4, -0.2) is 15.8 Å². The van der Waals surface area contributed by atoms with Crippen molar-refractivity contribution in [1.29, 1.82) is 0 Å². The van der Waals surface area contributed by atoms with Gasteiger partial charge in [-0.3, -0.25) is 9.79 Å². The lowest BCUT2D eigenvalue weighted by molar-refractivity contribution is 0.198. The van der Waals surface area contributed by atoms with Crippen LogP contribution < -0.4 is 10.2 Å². The molecule has 1 spiro atoms. The van der Waals surface area contributed by atoms with Crippen LogP contribution in [0.2, 0.25) is 0 Å². The molecule has 2 aliphatic heterocycles. The first-order valence-electron chi connectivity index (χ1n) is 5.74. The molecule has 3 aliphatic rings. The molecule has 0 aromatic rings. The van der Waals surface area contributed by atoms with Gasteiger partial charge >= 0.3 is 23.7 Å². The highest BCUT2D eigenvalue weighted by Crippen LogP contribution is 2.83. The van der Waals surface area contributed by atoms with Crippen molar-refractivity contribution in [2.24, 2.45) is 0 Å². The first kappa shape index (κ1) is 14.1. The Morgan fingerprint density at radius 2 is 1.95 bits per heavy atom. The van der Waals surface area contributed by atoms with E-state index in [1.165, 1.54) is 0 Å². The zero-order valence-corrected chi connectivity index (χ0v) is 12.4. The van der Waals surface area contributed by atoms with Gasteiger partial charge < -0.3 is 0 Å². The molecule has 2 unspecified atom stereocenters. The standard InChI is InChI=1S/C7H13N2O7P3/c10-18(11)14-17(15-19(12,13)16-18)8-6-4-2-1-3-5-7(6)9-17/h4,7-9H,1-3,5H2,(H-,10,11,12,13)/p+1/t7-/m1/s1. The quantitative estimate of drug-likeness (QED) is 0.493. The Morgan fingerprint density at radius 1 is 1.26 bits per heavy atom. The summed E-state index contributed by atoms with van der Waals surface area (Å²) in [6.45, 7) is 0. The van der Waals surface area contributed by atoms with Gasteiger partial charge in [-0.15, -0.1) is 5.09 Å². The maximum Gasteiger partial charge on any atom is 0.520 e. The van der Waals surface area contributed by atoms with Gasteiger partial charge in [-0.25, -0.2) is 9.13 Å². The monoisotopic (exact) mass is 331 g/mol. The van der Waals surface area contributed by atoms with Crippen molar-refractivity contribution in [3.05, 3.63) is 11.8 Å². The summed E-state index contributed by atoms with van der Waals surface area (Å²) in [6.07, 6.45) is 5.62. The fraction of sp³-hybridized carbons (Fsp3) is 0.714. The van der Waals surface area contributed by atoms with Gasteiger partial charge in [-0.05, 0) is 19.3 Å². The summed E-state index contributed by atoms with van der Waals surface area (Å²) in [5, 5.41) is 5.73. The maximum atomic E-state index is 11.5. The van der Waals surface area contributed by atoms with Gasteiger partial charge in [-0.2, -0.15) is 9.40 Å². The second kappa shape index (κ2) is 4.60. The Labute approximate surface area is 110 Å². The molecule has 2 saturated heterocycles. The molecule has 3 rings (SSSR count). The van der Waals surface area contributed by atoms with Crippen molar-refractivity contribution in [2.45, 2.75) is 31.7 Å². The number of phosphoric acid groups is 2. The largest absolute Gasteiger partial charge is 0.520 e. The maximum absolute atomic E-state index is 11.5. The van der Waals surface area contributed by atoms with Crippen LogP contribution in [0.3, 0.4) is 0 Å². The Bertz CT molecular complexity index is 499. The third-order valence-electron chi connectivity index (χ3n) is 2.93. The molecular weight excluding hydrogens is 317 g/mol. The molecule has 0 saturated carbocycles. The molecule has 2 heterocycles. The van der Waals surface area contributed by atoms with Crippen molar-refractivity contribution < 1.29 is 31.8 Å². The highest BCUT2D eigenvalue weighted by Gasteiger charge is 2.68. The van der Waals surface area contributed by atoms with E-state index >= 15 is 0 Å². The minimum atomic E-state index is -4.63. The molecule has 0 amide bonds. The average molecular weight is 331 g/mol. The topological polar surface area (TPSA) is 126 Å².